The second-order valence-electron chi connectivity index (χ2n) is 6.73. The summed E-state index contributed by atoms with van der Waals surface area (Å²) in [5, 5.41) is 12.2. The van der Waals surface area contributed by atoms with Crippen LogP contribution in [0, 0.1) is 18.3 Å². The van der Waals surface area contributed by atoms with E-state index in [0.29, 0.717) is 22.9 Å². The van der Waals surface area contributed by atoms with Crippen molar-refractivity contribution in [3.05, 3.63) is 50.9 Å². The van der Waals surface area contributed by atoms with Gasteiger partial charge in [-0.25, -0.2) is 4.98 Å². The first-order chi connectivity index (χ1) is 13.0. The first kappa shape index (κ1) is 19.5. The number of nitriles is 1. The Morgan fingerprint density at radius 1 is 1.33 bits per heavy atom. The van der Waals surface area contributed by atoms with Gasteiger partial charge in [0.25, 0.3) is 0 Å². The van der Waals surface area contributed by atoms with E-state index in [1.807, 2.05) is 18.2 Å². The molecule has 2 aromatic rings. The lowest BCUT2D eigenvalue weighted by Gasteiger charge is -2.27. The molecule has 0 unspecified atom stereocenters. The number of carbonyl (C=O) groups is 2. The molecule has 0 bridgehead atoms. The molecule has 1 heterocycles. The number of nitrogens with zero attached hydrogens (tertiary/aromatic N) is 2. The standard InChI is InChI=1S/C20H19ClN2O3S/c1-13-12-27-18(23-13)16(10-22)17(24)11-26-19(25)20(8-2-3-9-20)14-4-6-15(21)7-5-14/h4-7,12,16H,2-3,8-9,11H2,1H3/t16-/m0/s1. The highest BCUT2D eigenvalue weighted by molar-refractivity contribution is 7.09. The van der Waals surface area contributed by atoms with Crippen LogP contribution in [-0.4, -0.2) is 23.3 Å². The van der Waals surface area contributed by atoms with Gasteiger partial charge < -0.3 is 4.74 Å². The summed E-state index contributed by atoms with van der Waals surface area (Å²) >= 11 is 7.22. The molecular formula is C20H19ClN2O3S. The van der Waals surface area contributed by atoms with Crippen LogP contribution in [-0.2, 0) is 19.7 Å². The number of rotatable bonds is 6. The van der Waals surface area contributed by atoms with Crippen molar-refractivity contribution in [1.29, 1.82) is 5.26 Å². The van der Waals surface area contributed by atoms with Crippen LogP contribution in [0.25, 0.3) is 0 Å². The third-order valence-electron chi connectivity index (χ3n) is 4.92. The molecule has 1 aromatic heterocycles. The van der Waals surface area contributed by atoms with Crippen molar-refractivity contribution in [2.24, 2.45) is 0 Å². The smallest absolute Gasteiger partial charge is 0.316 e. The number of hydrogen-bond acceptors (Lipinski definition) is 6. The lowest BCUT2D eigenvalue weighted by Crippen LogP contribution is -2.36. The van der Waals surface area contributed by atoms with E-state index >= 15 is 0 Å². The van der Waals surface area contributed by atoms with Gasteiger partial charge in [0.1, 0.15) is 5.01 Å². The first-order valence-electron chi connectivity index (χ1n) is 8.74. The number of Topliss-reactive ketones (excluding diaryl/α,β-unsaturated/α-hetero) is 1. The highest BCUT2D eigenvalue weighted by Crippen LogP contribution is 2.42. The number of ether oxygens (including phenoxy) is 1. The minimum Gasteiger partial charge on any atom is -0.457 e. The maximum Gasteiger partial charge on any atom is 0.316 e. The van der Waals surface area contributed by atoms with Crippen LogP contribution in [0.4, 0.5) is 0 Å². The van der Waals surface area contributed by atoms with Crippen molar-refractivity contribution < 1.29 is 14.3 Å². The van der Waals surface area contributed by atoms with Crippen molar-refractivity contribution in [3.63, 3.8) is 0 Å². The molecule has 27 heavy (non-hydrogen) atoms. The molecule has 1 aromatic carbocycles. The van der Waals surface area contributed by atoms with E-state index in [1.54, 1.807) is 24.4 Å². The van der Waals surface area contributed by atoms with Crippen LogP contribution in [0.15, 0.2) is 29.6 Å². The Hall–Kier alpha value is -2.23. The SMILES string of the molecule is Cc1csc([C@@H](C#N)C(=O)COC(=O)C2(c3ccc(Cl)cc3)CCCC2)n1. The molecule has 0 amide bonds. The lowest BCUT2D eigenvalue weighted by molar-refractivity contribution is -0.154. The van der Waals surface area contributed by atoms with Gasteiger partial charge in [-0.3, -0.25) is 9.59 Å². The van der Waals surface area contributed by atoms with Gasteiger partial charge in [0.15, 0.2) is 18.3 Å². The molecule has 0 saturated heterocycles. The third kappa shape index (κ3) is 4.05. The van der Waals surface area contributed by atoms with E-state index in [9.17, 15) is 14.9 Å². The summed E-state index contributed by atoms with van der Waals surface area (Å²) in [6.45, 7) is 1.37. The maximum absolute atomic E-state index is 12.9. The van der Waals surface area contributed by atoms with Gasteiger partial charge in [-0.15, -0.1) is 11.3 Å². The largest absolute Gasteiger partial charge is 0.457 e. The zero-order valence-corrected chi connectivity index (χ0v) is 16.5. The van der Waals surface area contributed by atoms with Crippen molar-refractivity contribution in [2.45, 2.75) is 43.9 Å². The van der Waals surface area contributed by atoms with Crippen LogP contribution in [0.3, 0.4) is 0 Å². The molecule has 1 fully saturated rings. The highest BCUT2D eigenvalue weighted by atomic mass is 35.5. The van der Waals surface area contributed by atoms with E-state index in [4.69, 9.17) is 16.3 Å². The van der Waals surface area contributed by atoms with Crippen LogP contribution in [0.1, 0.15) is 47.9 Å². The number of halogens is 1. The zero-order valence-electron chi connectivity index (χ0n) is 14.9. The molecule has 3 rings (SSSR count). The summed E-state index contributed by atoms with van der Waals surface area (Å²) in [5.74, 6) is -1.88. The molecule has 1 aliphatic carbocycles. The number of aromatic nitrogens is 1. The van der Waals surface area contributed by atoms with E-state index in [2.05, 4.69) is 4.98 Å². The second-order valence-corrected chi connectivity index (χ2v) is 8.05. The fourth-order valence-electron chi connectivity index (χ4n) is 3.49. The number of benzene rings is 1. The average molecular weight is 403 g/mol. The maximum atomic E-state index is 12.9. The molecule has 0 spiro atoms. The Balaban J connectivity index is 1.72. The van der Waals surface area contributed by atoms with E-state index < -0.39 is 29.7 Å². The predicted octanol–water partition coefficient (Wildman–Crippen LogP) is 4.34. The number of carbonyl (C=O) groups excluding carboxylic acids is 2. The Kier molecular flexibility index (Phi) is 5.93. The number of thiazole rings is 1. The van der Waals surface area contributed by atoms with Crippen LogP contribution < -0.4 is 0 Å². The molecule has 1 atom stereocenters. The van der Waals surface area contributed by atoms with Crippen molar-refractivity contribution in [1.82, 2.24) is 4.98 Å². The Bertz CT molecular complexity index is 879. The fourth-order valence-corrected chi connectivity index (χ4v) is 4.47. The zero-order chi connectivity index (χ0) is 19.4. The van der Waals surface area contributed by atoms with Gasteiger partial charge in [0.2, 0.25) is 0 Å². The summed E-state index contributed by atoms with van der Waals surface area (Å²) in [5.41, 5.74) is 0.868. The summed E-state index contributed by atoms with van der Waals surface area (Å²) in [6, 6.07) is 9.16. The third-order valence-corrected chi connectivity index (χ3v) is 6.20. The number of hydrogen-bond donors (Lipinski definition) is 0. The molecule has 0 N–H and O–H groups in total. The summed E-state index contributed by atoms with van der Waals surface area (Å²) < 4.78 is 5.39. The Morgan fingerprint density at radius 2 is 2.00 bits per heavy atom. The van der Waals surface area contributed by atoms with Gasteiger partial charge in [0, 0.05) is 16.1 Å². The number of aryl methyl sites for hydroxylation is 1. The van der Waals surface area contributed by atoms with Gasteiger partial charge in [0.05, 0.1) is 11.5 Å². The van der Waals surface area contributed by atoms with E-state index in [0.717, 1.165) is 24.1 Å². The highest BCUT2D eigenvalue weighted by Gasteiger charge is 2.44. The van der Waals surface area contributed by atoms with E-state index in [-0.39, 0.29) is 0 Å². The molecular weight excluding hydrogens is 384 g/mol. The molecule has 7 heteroatoms. The number of ketones is 1. The van der Waals surface area contributed by atoms with Crippen molar-refractivity contribution in [2.75, 3.05) is 6.61 Å². The molecule has 5 nitrogen and oxygen atoms in total. The fraction of sp³-hybridized carbons (Fsp3) is 0.400. The van der Waals surface area contributed by atoms with Gasteiger partial charge in [-0.05, 0) is 37.5 Å². The molecule has 1 aliphatic rings. The van der Waals surface area contributed by atoms with Gasteiger partial charge in [-0.2, -0.15) is 5.26 Å². The average Bonchev–Trinajstić information content (AvgIpc) is 3.31. The monoisotopic (exact) mass is 402 g/mol. The first-order valence-corrected chi connectivity index (χ1v) is 10.00. The molecule has 0 aliphatic heterocycles. The predicted molar refractivity (Wildman–Crippen MR) is 103 cm³/mol. The van der Waals surface area contributed by atoms with Crippen LogP contribution >= 0.6 is 22.9 Å². The Morgan fingerprint density at radius 3 is 2.56 bits per heavy atom. The van der Waals surface area contributed by atoms with Crippen molar-refractivity contribution >= 4 is 34.7 Å². The summed E-state index contributed by atoms with van der Waals surface area (Å²) in [6.07, 6.45) is 3.19. The minimum absolute atomic E-state index is 0.414. The van der Waals surface area contributed by atoms with Crippen LogP contribution in [0.5, 0.6) is 0 Å². The molecule has 1 saturated carbocycles. The topological polar surface area (TPSA) is 80.0 Å². The molecule has 140 valence electrons. The Labute approximate surface area is 166 Å². The second kappa shape index (κ2) is 8.20. The number of esters is 1. The lowest BCUT2D eigenvalue weighted by atomic mass is 9.79. The van der Waals surface area contributed by atoms with E-state index in [1.165, 1.54) is 11.3 Å². The normalized spacial score (nSPS) is 16.5. The van der Waals surface area contributed by atoms with Crippen molar-refractivity contribution in [3.8, 4) is 6.07 Å². The molecule has 0 radical (unpaired) electrons. The summed E-state index contributed by atoms with van der Waals surface area (Å²) in [4.78, 5) is 29.5. The summed E-state index contributed by atoms with van der Waals surface area (Å²) in [7, 11) is 0. The van der Waals surface area contributed by atoms with Gasteiger partial charge >= 0.3 is 5.97 Å². The minimum atomic E-state index is -1.01. The van der Waals surface area contributed by atoms with Crippen LogP contribution in [0.2, 0.25) is 5.02 Å². The van der Waals surface area contributed by atoms with Gasteiger partial charge in [-0.1, -0.05) is 36.6 Å². The quantitative estimate of drug-likeness (QED) is 0.671.